The maximum Gasteiger partial charge on any atom is 0.243 e. The summed E-state index contributed by atoms with van der Waals surface area (Å²) in [4.78, 5) is 4.23. The Morgan fingerprint density at radius 2 is 1.95 bits per heavy atom. The molecule has 0 fully saturated rings. The lowest BCUT2D eigenvalue weighted by molar-refractivity contribution is 0.375. The van der Waals surface area contributed by atoms with Gasteiger partial charge in [0, 0.05) is 13.0 Å². The summed E-state index contributed by atoms with van der Waals surface area (Å²) >= 11 is 0. The van der Waals surface area contributed by atoms with E-state index in [1.165, 1.54) is 35.6 Å². The highest BCUT2D eigenvalue weighted by Crippen LogP contribution is 2.19. The van der Waals surface area contributed by atoms with Gasteiger partial charge in [-0.05, 0) is 24.3 Å². The zero-order valence-corrected chi connectivity index (χ0v) is 13.5. The topological polar surface area (TPSA) is 87.2 Å². The fourth-order valence-corrected chi connectivity index (χ4v) is 2.94. The van der Waals surface area contributed by atoms with Crippen LogP contribution in [0.15, 0.2) is 39.8 Å². The first-order chi connectivity index (χ1) is 10.3. The minimum atomic E-state index is -3.65. The van der Waals surface area contributed by atoms with Crippen LogP contribution in [0, 0.1) is 11.3 Å². The van der Waals surface area contributed by atoms with Crippen LogP contribution in [-0.2, 0) is 16.6 Å². The lowest BCUT2D eigenvalue weighted by atomic mass is 10.2. The van der Waals surface area contributed by atoms with Crippen LogP contribution in [0.5, 0.6) is 0 Å². The van der Waals surface area contributed by atoms with Gasteiger partial charge in [-0.2, -0.15) is 9.57 Å². The highest BCUT2D eigenvalue weighted by Gasteiger charge is 2.22. The number of nitrogens with zero attached hydrogens (tertiary/aromatic N) is 3. The molecule has 22 heavy (non-hydrogen) atoms. The molecule has 0 unspecified atom stereocenters. The molecule has 0 N–H and O–H groups in total. The first kappa shape index (κ1) is 16.2. The molecule has 0 saturated carbocycles. The van der Waals surface area contributed by atoms with Crippen LogP contribution in [0.2, 0.25) is 0 Å². The normalized spacial score (nSPS) is 11.8. The van der Waals surface area contributed by atoms with Crippen molar-refractivity contribution in [2.24, 2.45) is 0 Å². The quantitative estimate of drug-likeness (QED) is 0.845. The summed E-state index contributed by atoms with van der Waals surface area (Å²) < 4.78 is 31.6. The molecule has 2 rings (SSSR count). The van der Waals surface area contributed by atoms with Gasteiger partial charge in [0.15, 0.2) is 0 Å². The Kier molecular flexibility index (Phi) is 4.64. The minimum absolute atomic E-state index is 0.0506. The lowest BCUT2D eigenvalue weighted by Crippen LogP contribution is -2.26. The first-order valence-corrected chi connectivity index (χ1v) is 8.19. The zero-order valence-electron chi connectivity index (χ0n) is 12.6. The first-order valence-electron chi connectivity index (χ1n) is 6.75. The molecule has 0 radical (unpaired) electrons. The molecule has 0 aliphatic heterocycles. The van der Waals surface area contributed by atoms with E-state index in [1.807, 2.05) is 19.9 Å². The maximum atomic E-state index is 12.5. The van der Waals surface area contributed by atoms with Crippen molar-refractivity contribution in [3.8, 4) is 6.07 Å². The van der Waals surface area contributed by atoms with Gasteiger partial charge in [0.2, 0.25) is 15.9 Å². The fraction of sp³-hybridized carbons (Fsp3) is 0.333. The van der Waals surface area contributed by atoms with E-state index in [4.69, 9.17) is 9.68 Å². The Labute approximate surface area is 130 Å². The Bertz CT molecular complexity index is 786. The number of benzene rings is 1. The van der Waals surface area contributed by atoms with E-state index in [0.29, 0.717) is 11.5 Å². The van der Waals surface area contributed by atoms with Crippen molar-refractivity contribution in [3.63, 3.8) is 0 Å². The van der Waals surface area contributed by atoms with Gasteiger partial charge in [-0.25, -0.2) is 13.4 Å². The Morgan fingerprint density at radius 3 is 2.45 bits per heavy atom. The van der Waals surface area contributed by atoms with Crippen LogP contribution >= 0.6 is 0 Å². The Morgan fingerprint density at radius 1 is 1.32 bits per heavy atom. The predicted octanol–water partition coefficient (Wildman–Crippen LogP) is 2.49. The molecule has 7 heteroatoms. The molecule has 0 amide bonds. The highest BCUT2D eigenvalue weighted by atomic mass is 32.2. The van der Waals surface area contributed by atoms with Gasteiger partial charge in [-0.15, -0.1) is 0 Å². The van der Waals surface area contributed by atoms with Gasteiger partial charge in [0.1, 0.15) is 5.76 Å². The van der Waals surface area contributed by atoms with Crippen molar-refractivity contribution < 1.29 is 12.8 Å². The number of rotatable bonds is 5. The van der Waals surface area contributed by atoms with Crippen molar-refractivity contribution in [1.29, 1.82) is 5.26 Å². The number of oxazole rings is 1. The molecule has 0 saturated heterocycles. The van der Waals surface area contributed by atoms with Gasteiger partial charge in [0.05, 0.1) is 29.3 Å². The van der Waals surface area contributed by atoms with Crippen molar-refractivity contribution in [2.75, 3.05) is 7.05 Å². The largest absolute Gasteiger partial charge is 0.444 e. The summed E-state index contributed by atoms with van der Waals surface area (Å²) in [7, 11) is -2.18. The second kappa shape index (κ2) is 6.30. The van der Waals surface area contributed by atoms with E-state index in [-0.39, 0.29) is 17.4 Å². The van der Waals surface area contributed by atoms with E-state index in [9.17, 15) is 8.42 Å². The van der Waals surface area contributed by atoms with Gasteiger partial charge in [0.25, 0.3) is 0 Å². The SMILES string of the molecule is CC(C)c1cnc(CN(C)S(=O)(=O)c2ccc(C#N)cc2)o1. The number of hydrogen-bond donors (Lipinski definition) is 0. The van der Waals surface area contributed by atoms with E-state index in [0.717, 1.165) is 5.76 Å². The summed E-state index contributed by atoms with van der Waals surface area (Å²) in [6.45, 7) is 4.00. The Balaban J connectivity index is 2.19. The second-order valence-electron chi connectivity index (χ2n) is 5.21. The fourth-order valence-electron chi connectivity index (χ4n) is 1.82. The average molecular weight is 319 g/mol. The molecule has 0 bridgehead atoms. The molecule has 1 aromatic heterocycles. The van der Waals surface area contributed by atoms with Crippen LogP contribution in [0.4, 0.5) is 0 Å². The average Bonchev–Trinajstić information content (AvgIpc) is 2.96. The summed E-state index contributed by atoms with van der Waals surface area (Å²) in [5.41, 5.74) is 0.413. The van der Waals surface area contributed by atoms with Gasteiger partial charge in [-0.1, -0.05) is 13.8 Å². The third-order valence-corrected chi connectivity index (χ3v) is 5.01. The molecule has 0 spiro atoms. The zero-order chi connectivity index (χ0) is 16.3. The minimum Gasteiger partial charge on any atom is -0.444 e. The number of sulfonamides is 1. The molecule has 2 aromatic rings. The van der Waals surface area contributed by atoms with Crippen LogP contribution in [0.25, 0.3) is 0 Å². The molecule has 0 aliphatic rings. The lowest BCUT2D eigenvalue weighted by Gasteiger charge is -2.15. The summed E-state index contributed by atoms with van der Waals surface area (Å²) in [6, 6.07) is 7.74. The van der Waals surface area contributed by atoms with Crippen LogP contribution < -0.4 is 0 Å². The standard InChI is InChI=1S/C15H17N3O3S/c1-11(2)14-9-17-15(21-14)10-18(3)22(19,20)13-6-4-12(8-16)5-7-13/h4-7,9,11H,10H2,1-3H3. The predicted molar refractivity (Wildman–Crippen MR) is 80.4 cm³/mol. The van der Waals surface area contributed by atoms with E-state index >= 15 is 0 Å². The summed E-state index contributed by atoms with van der Waals surface area (Å²) in [6.07, 6.45) is 1.61. The number of hydrogen-bond acceptors (Lipinski definition) is 5. The summed E-state index contributed by atoms with van der Waals surface area (Å²) in [5.74, 6) is 1.27. The third-order valence-electron chi connectivity index (χ3n) is 3.19. The van der Waals surface area contributed by atoms with Crippen molar-refractivity contribution >= 4 is 10.0 Å². The van der Waals surface area contributed by atoms with Crippen LogP contribution in [0.3, 0.4) is 0 Å². The monoisotopic (exact) mass is 319 g/mol. The van der Waals surface area contributed by atoms with Gasteiger partial charge >= 0.3 is 0 Å². The molecule has 0 aliphatic carbocycles. The van der Waals surface area contributed by atoms with E-state index in [1.54, 1.807) is 6.20 Å². The molecule has 1 heterocycles. The van der Waals surface area contributed by atoms with Crippen LogP contribution in [-0.4, -0.2) is 24.8 Å². The third kappa shape index (κ3) is 3.35. The van der Waals surface area contributed by atoms with Crippen LogP contribution in [0.1, 0.15) is 37.0 Å². The summed E-state index contributed by atoms with van der Waals surface area (Å²) in [5, 5.41) is 8.75. The molecule has 0 atom stereocenters. The van der Waals surface area contributed by atoms with Gasteiger partial charge < -0.3 is 4.42 Å². The van der Waals surface area contributed by atoms with E-state index < -0.39 is 10.0 Å². The molecule has 116 valence electrons. The molecule has 6 nitrogen and oxygen atoms in total. The number of nitriles is 1. The van der Waals surface area contributed by atoms with Crippen molar-refractivity contribution in [3.05, 3.63) is 47.7 Å². The smallest absolute Gasteiger partial charge is 0.243 e. The molecular formula is C15H17N3O3S. The van der Waals surface area contributed by atoms with E-state index in [2.05, 4.69) is 4.98 Å². The molecule has 1 aromatic carbocycles. The Hall–Kier alpha value is -2.17. The number of aromatic nitrogens is 1. The second-order valence-corrected chi connectivity index (χ2v) is 7.25. The molecular weight excluding hydrogens is 302 g/mol. The maximum absolute atomic E-state index is 12.5. The highest BCUT2D eigenvalue weighted by molar-refractivity contribution is 7.89. The van der Waals surface area contributed by atoms with Crippen molar-refractivity contribution in [1.82, 2.24) is 9.29 Å². The van der Waals surface area contributed by atoms with Crippen molar-refractivity contribution in [2.45, 2.75) is 31.2 Å². The van der Waals surface area contributed by atoms with Gasteiger partial charge in [-0.3, -0.25) is 0 Å².